The lowest BCUT2D eigenvalue weighted by Gasteiger charge is -2.55. The molecular formula is C42H66N2+2. The van der Waals surface area contributed by atoms with Crippen molar-refractivity contribution < 1.29 is 10.6 Å². The summed E-state index contributed by atoms with van der Waals surface area (Å²) in [5.41, 5.74) is 11.3. The van der Waals surface area contributed by atoms with E-state index in [1.165, 1.54) is 102 Å². The minimum atomic E-state index is 0.354. The monoisotopic (exact) mass is 599 g/mol. The summed E-state index contributed by atoms with van der Waals surface area (Å²) in [5, 5.41) is 5.41. The molecule has 0 saturated heterocycles. The fourth-order valence-electron chi connectivity index (χ4n) is 11.6. The second-order valence-electron chi connectivity index (χ2n) is 17.7. The summed E-state index contributed by atoms with van der Waals surface area (Å²) in [6, 6.07) is 15.1. The molecule has 0 bridgehead atoms. The van der Waals surface area contributed by atoms with Gasteiger partial charge in [-0.05, 0) is 119 Å². The second-order valence-corrected chi connectivity index (χ2v) is 17.7. The highest BCUT2D eigenvalue weighted by Gasteiger charge is 2.54. The van der Waals surface area contributed by atoms with Crippen molar-refractivity contribution in [3.8, 4) is 0 Å². The van der Waals surface area contributed by atoms with Crippen LogP contribution in [0.25, 0.3) is 0 Å². The van der Waals surface area contributed by atoms with Gasteiger partial charge in [0.1, 0.15) is 13.1 Å². The van der Waals surface area contributed by atoms with E-state index in [0.29, 0.717) is 33.5 Å². The first-order chi connectivity index (χ1) is 20.9. The predicted molar refractivity (Wildman–Crippen MR) is 187 cm³/mol. The van der Waals surface area contributed by atoms with Gasteiger partial charge < -0.3 is 10.6 Å². The highest BCUT2D eigenvalue weighted by atomic mass is 15.0. The zero-order valence-electron chi connectivity index (χ0n) is 29.8. The molecule has 6 rings (SSSR count). The molecule has 1 unspecified atom stereocenters. The van der Waals surface area contributed by atoms with Crippen LogP contribution in [0.3, 0.4) is 0 Å². The quantitative estimate of drug-likeness (QED) is 0.277. The largest absolute Gasteiger partial charge is 0.341 e. The van der Waals surface area contributed by atoms with Crippen molar-refractivity contribution in [3.63, 3.8) is 0 Å². The number of rotatable bonds is 9. The standard InChI is InChI=1S/C42H64N2/c1-29(2)31-11-15-35-33(25-31)13-17-37-39(5,19-9-21-41(35,37)7)27-43-23-24-44-28-40(6)20-10-22-42(8)36-16-12-32(30(3)4)26-34(36)14-18-38(40)42/h11-12,15-16,25-26,29-30,37-38,43-44H,9-10,13-14,17-24,27-28H2,1-8H3/p+2/t37-,38?,39-,40-,41+,42+/m0/s1. The Balaban J connectivity index is 1.04. The molecule has 0 heterocycles. The third-order valence-corrected chi connectivity index (χ3v) is 14.1. The van der Waals surface area contributed by atoms with Gasteiger partial charge in [-0.25, -0.2) is 0 Å². The van der Waals surface area contributed by atoms with Crippen molar-refractivity contribution in [2.75, 3.05) is 26.2 Å². The summed E-state index contributed by atoms with van der Waals surface area (Å²) in [6.07, 6.45) is 13.6. The molecular weight excluding hydrogens is 532 g/mol. The van der Waals surface area contributed by atoms with Crippen molar-refractivity contribution in [2.24, 2.45) is 22.7 Å². The molecule has 4 aliphatic rings. The lowest BCUT2D eigenvalue weighted by molar-refractivity contribution is -0.734. The Morgan fingerprint density at radius 3 is 1.41 bits per heavy atom. The lowest BCUT2D eigenvalue weighted by Crippen LogP contribution is -2.97. The zero-order chi connectivity index (χ0) is 31.3. The molecule has 4 N–H and O–H groups in total. The molecule has 2 fully saturated rings. The number of aryl methyl sites for hydroxylation is 2. The van der Waals surface area contributed by atoms with Gasteiger partial charge in [0.25, 0.3) is 0 Å². The fraction of sp³-hybridized carbons (Fsp3) is 0.714. The van der Waals surface area contributed by atoms with Crippen molar-refractivity contribution in [1.82, 2.24) is 0 Å². The van der Waals surface area contributed by atoms with Crippen LogP contribution in [0.15, 0.2) is 36.4 Å². The number of benzene rings is 2. The van der Waals surface area contributed by atoms with Gasteiger partial charge in [-0.1, -0.05) is 105 Å². The van der Waals surface area contributed by atoms with Gasteiger partial charge in [0.15, 0.2) is 0 Å². The van der Waals surface area contributed by atoms with E-state index >= 15 is 0 Å². The molecule has 44 heavy (non-hydrogen) atoms. The van der Waals surface area contributed by atoms with Crippen LogP contribution >= 0.6 is 0 Å². The number of fused-ring (bicyclic) bond motifs is 6. The summed E-state index contributed by atoms with van der Waals surface area (Å²) in [6.45, 7) is 25.0. The van der Waals surface area contributed by atoms with Crippen LogP contribution in [-0.2, 0) is 23.7 Å². The first kappa shape index (κ1) is 32.3. The predicted octanol–water partition coefficient (Wildman–Crippen LogP) is 7.78. The van der Waals surface area contributed by atoms with Crippen LogP contribution in [0.4, 0.5) is 0 Å². The van der Waals surface area contributed by atoms with Crippen molar-refractivity contribution in [3.05, 3.63) is 69.8 Å². The molecule has 2 aromatic carbocycles. The van der Waals surface area contributed by atoms with E-state index in [-0.39, 0.29) is 0 Å². The highest BCUT2D eigenvalue weighted by molar-refractivity contribution is 5.43. The number of hydrogen-bond donors (Lipinski definition) is 2. The molecule has 0 amide bonds. The van der Waals surface area contributed by atoms with Gasteiger partial charge >= 0.3 is 0 Å². The molecule has 2 aromatic rings. The molecule has 2 nitrogen and oxygen atoms in total. The van der Waals surface area contributed by atoms with Crippen LogP contribution in [-0.4, -0.2) is 26.2 Å². The van der Waals surface area contributed by atoms with Gasteiger partial charge in [0.2, 0.25) is 0 Å². The van der Waals surface area contributed by atoms with Gasteiger partial charge in [-0.2, -0.15) is 0 Å². The van der Waals surface area contributed by atoms with E-state index in [2.05, 4.69) is 102 Å². The Kier molecular flexibility index (Phi) is 8.95. The molecule has 6 atom stereocenters. The summed E-state index contributed by atoms with van der Waals surface area (Å²) < 4.78 is 0. The SMILES string of the molecule is CC(C)c1ccc2c(c1)CCC1[C@](C)(C[NH2+]CC[NH2+]C[C@]3(C)CCC[C@]4(C)c5ccc(C(C)C)cc5CC[C@@H]34)CCC[C@]21C. The van der Waals surface area contributed by atoms with Crippen LogP contribution < -0.4 is 10.6 Å². The Hall–Kier alpha value is -1.64. The topological polar surface area (TPSA) is 33.2 Å². The first-order valence-electron chi connectivity index (χ1n) is 18.8. The number of nitrogens with two attached hydrogens (primary N) is 2. The lowest BCUT2D eigenvalue weighted by atomic mass is 9.49. The van der Waals surface area contributed by atoms with E-state index in [1.807, 2.05) is 0 Å². The summed E-state index contributed by atoms with van der Waals surface area (Å²) in [5.74, 6) is 2.87. The molecule has 2 heteroatoms. The van der Waals surface area contributed by atoms with Crippen LogP contribution in [0, 0.1) is 22.7 Å². The van der Waals surface area contributed by atoms with Crippen LogP contribution in [0.5, 0.6) is 0 Å². The molecule has 0 radical (unpaired) electrons. The smallest absolute Gasteiger partial charge is 0.125 e. The summed E-state index contributed by atoms with van der Waals surface area (Å²) >= 11 is 0. The molecule has 0 spiro atoms. The Morgan fingerprint density at radius 1 is 0.614 bits per heavy atom. The third kappa shape index (κ3) is 5.63. The zero-order valence-corrected chi connectivity index (χ0v) is 29.8. The van der Waals surface area contributed by atoms with E-state index in [4.69, 9.17) is 0 Å². The Bertz CT molecular complexity index is 1220. The van der Waals surface area contributed by atoms with E-state index in [9.17, 15) is 0 Å². The molecule has 2 saturated carbocycles. The molecule has 0 aromatic heterocycles. The Morgan fingerprint density at radius 2 is 1.02 bits per heavy atom. The minimum Gasteiger partial charge on any atom is -0.341 e. The summed E-state index contributed by atoms with van der Waals surface area (Å²) in [7, 11) is 0. The third-order valence-electron chi connectivity index (χ3n) is 14.1. The maximum atomic E-state index is 2.70. The molecule has 0 aliphatic heterocycles. The Labute approximate surface area is 271 Å². The maximum Gasteiger partial charge on any atom is 0.125 e. The van der Waals surface area contributed by atoms with E-state index < -0.39 is 0 Å². The van der Waals surface area contributed by atoms with E-state index in [1.54, 1.807) is 22.3 Å². The van der Waals surface area contributed by atoms with Crippen molar-refractivity contribution in [1.29, 1.82) is 0 Å². The fourth-order valence-corrected chi connectivity index (χ4v) is 11.6. The molecule has 4 aliphatic carbocycles. The normalized spacial score (nSPS) is 34.8. The van der Waals surface area contributed by atoms with Crippen molar-refractivity contribution >= 4 is 0 Å². The van der Waals surface area contributed by atoms with Crippen molar-refractivity contribution in [2.45, 2.75) is 142 Å². The van der Waals surface area contributed by atoms with Crippen LogP contribution in [0.2, 0.25) is 0 Å². The van der Waals surface area contributed by atoms with Gasteiger partial charge in [0.05, 0.1) is 13.1 Å². The summed E-state index contributed by atoms with van der Waals surface area (Å²) in [4.78, 5) is 0. The maximum absolute atomic E-state index is 2.70. The van der Waals surface area contributed by atoms with E-state index in [0.717, 1.165) is 11.8 Å². The molecule has 242 valence electrons. The van der Waals surface area contributed by atoms with Gasteiger partial charge in [-0.3, -0.25) is 0 Å². The van der Waals surface area contributed by atoms with Gasteiger partial charge in [-0.15, -0.1) is 0 Å². The first-order valence-corrected chi connectivity index (χ1v) is 18.8. The minimum absolute atomic E-state index is 0.354. The average molecular weight is 599 g/mol. The second kappa shape index (κ2) is 12.2. The number of hydrogen-bond acceptors (Lipinski definition) is 0. The van der Waals surface area contributed by atoms with Gasteiger partial charge in [0, 0.05) is 10.8 Å². The number of quaternary nitrogens is 2. The van der Waals surface area contributed by atoms with Crippen LogP contribution in [0.1, 0.15) is 152 Å². The average Bonchev–Trinajstić information content (AvgIpc) is 2.98. The highest BCUT2D eigenvalue weighted by Crippen LogP contribution is 2.58.